The van der Waals surface area contributed by atoms with E-state index in [1.165, 1.54) is 12.8 Å². The summed E-state index contributed by atoms with van der Waals surface area (Å²) in [7, 11) is 0. The molecule has 1 unspecified atom stereocenters. The zero-order valence-corrected chi connectivity index (χ0v) is 7.38. The quantitative estimate of drug-likeness (QED) is 0.672. The van der Waals surface area contributed by atoms with Gasteiger partial charge in [-0.25, -0.2) is 0 Å². The summed E-state index contributed by atoms with van der Waals surface area (Å²) in [6, 6.07) is 4.04. The minimum Gasteiger partial charge on any atom is -0.466 e. The molecule has 0 radical (unpaired) electrons. The summed E-state index contributed by atoms with van der Waals surface area (Å²) in [5, 5.41) is 0. The summed E-state index contributed by atoms with van der Waals surface area (Å²) in [6.45, 7) is 2.89. The third kappa shape index (κ3) is 1.69. The molecule has 0 saturated carbocycles. The molecule has 12 heavy (non-hydrogen) atoms. The van der Waals surface area contributed by atoms with Gasteiger partial charge in [-0.3, -0.25) is 0 Å². The topological polar surface area (TPSA) is 22.4 Å². The highest BCUT2D eigenvalue weighted by Gasteiger charge is 2.17. The number of rotatable bonds is 2. The normalized spacial score (nSPS) is 23.2. The SMILES string of the molecule is Cc1ccc(CC2CCCO2)o1. The number of ether oxygens (including phenoxy) is 1. The molecule has 0 aliphatic carbocycles. The van der Waals surface area contributed by atoms with Gasteiger partial charge in [0.15, 0.2) is 0 Å². The fraction of sp³-hybridized carbons (Fsp3) is 0.600. The Hall–Kier alpha value is -0.760. The molecule has 1 saturated heterocycles. The fourth-order valence-corrected chi connectivity index (χ4v) is 1.62. The summed E-state index contributed by atoms with van der Waals surface area (Å²) in [5.74, 6) is 2.04. The maximum absolute atomic E-state index is 5.51. The predicted octanol–water partition coefficient (Wildman–Crippen LogP) is 2.31. The highest BCUT2D eigenvalue weighted by atomic mass is 16.5. The largest absolute Gasteiger partial charge is 0.466 e. The van der Waals surface area contributed by atoms with Gasteiger partial charge in [-0.1, -0.05) is 0 Å². The number of furan rings is 1. The Morgan fingerprint density at radius 3 is 3.00 bits per heavy atom. The summed E-state index contributed by atoms with van der Waals surface area (Å²) < 4.78 is 11.0. The van der Waals surface area contributed by atoms with E-state index in [2.05, 4.69) is 0 Å². The molecule has 2 nitrogen and oxygen atoms in total. The second-order valence-corrected chi connectivity index (χ2v) is 3.35. The Balaban J connectivity index is 1.94. The van der Waals surface area contributed by atoms with Crippen LogP contribution in [0.2, 0.25) is 0 Å². The highest BCUT2D eigenvalue weighted by Crippen LogP contribution is 2.18. The minimum absolute atomic E-state index is 0.399. The molecule has 66 valence electrons. The minimum atomic E-state index is 0.399. The van der Waals surface area contributed by atoms with Crippen LogP contribution in [0.4, 0.5) is 0 Å². The molecule has 1 atom stereocenters. The third-order valence-corrected chi connectivity index (χ3v) is 2.25. The molecule has 0 spiro atoms. The summed E-state index contributed by atoms with van der Waals surface area (Å²) in [6.07, 6.45) is 3.72. The van der Waals surface area contributed by atoms with Crippen LogP contribution in [0.1, 0.15) is 24.4 Å². The van der Waals surface area contributed by atoms with Gasteiger partial charge in [-0.15, -0.1) is 0 Å². The van der Waals surface area contributed by atoms with E-state index in [0.717, 1.165) is 24.5 Å². The molecule has 1 aliphatic rings. The third-order valence-electron chi connectivity index (χ3n) is 2.25. The van der Waals surface area contributed by atoms with Crippen molar-refractivity contribution in [3.8, 4) is 0 Å². The van der Waals surface area contributed by atoms with E-state index in [9.17, 15) is 0 Å². The molecule has 2 heteroatoms. The van der Waals surface area contributed by atoms with Gasteiger partial charge in [0.2, 0.25) is 0 Å². The number of aryl methyl sites for hydroxylation is 1. The van der Waals surface area contributed by atoms with E-state index in [1.807, 2.05) is 19.1 Å². The van der Waals surface area contributed by atoms with E-state index < -0.39 is 0 Å². The monoisotopic (exact) mass is 166 g/mol. The summed E-state index contributed by atoms with van der Waals surface area (Å²) in [5.41, 5.74) is 0. The zero-order chi connectivity index (χ0) is 8.39. The van der Waals surface area contributed by atoms with Crippen LogP contribution in [0.3, 0.4) is 0 Å². The van der Waals surface area contributed by atoms with Crippen molar-refractivity contribution in [3.05, 3.63) is 23.7 Å². The second kappa shape index (κ2) is 3.31. The number of hydrogen-bond acceptors (Lipinski definition) is 2. The maximum Gasteiger partial charge on any atom is 0.106 e. The van der Waals surface area contributed by atoms with Crippen molar-refractivity contribution in [1.29, 1.82) is 0 Å². The molecule has 1 aromatic rings. The first-order valence-corrected chi connectivity index (χ1v) is 4.51. The predicted molar refractivity (Wildman–Crippen MR) is 46.1 cm³/mol. The lowest BCUT2D eigenvalue weighted by atomic mass is 10.1. The van der Waals surface area contributed by atoms with Crippen molar-refractivity contribution in [3.63, 3.8) is 0 Å². The van der Waals surface area contributed by atoms with Gasteiger partial charge >= 0.3 is 0 Å². The number of hydrogen-bond donors (Lipinski definition) is 0. The molecular formula is C10H14O2. The van der Waals surface area contributed by atoms with E-state index >= 15 is 0 Å². The van der Waals surface area contributed by atoms with Gasteiger partial charge < -0.3 is 9.15 Å². The van der Waals surface area contributed by atoms with Gasteiger partial charge in [0, 0.05) is 13.0 Å². The van der Waals surface area contributed by atoms with Gasteiger partial charge in [0.1, 0.15) is 11.5 Å². The Morgan fingerprint density at radius 1 is 1.50 bits per heavy atom. The first-order chi connectivity index (χ1) is 5.84. The molecular weight excluding hydrogens is 152 g/mol. The maximum atomic E-state index is 5.51. The highest BCUT2D eigenvalue weighted by molar-refractivity contribution is 5.06. The average Bonchev–Trinajstić information content (AvgIpc) is 2.63. The molecule has 0 amide bonds. The van der Waals surface area contributed by atoms with Crippen molar-refractivity contribution in [1.82, 2.24) is 0 Å². The Labute approximate surface area is 72.5 Å². The first-order valence-electron chi connectivity index (χ1n) is 4.51. The van der Waals surface area contributed by atoms with Crippen molar-refractivity contribution >= 4 is 0 Å². The Morgan fingerprint density at radius 2 is 2.42 bits per heavy atom. The van der Waals surface area contributed by atoms with Gasteiger partial charge in [0.25, 0.3) is 0 Å². The molecule has 2 rings (SSSR count). The molecule has 0 aromatic carbocycles. The van der Waals surface area contributed by atoms with Crippen LogP contribution in [0, 0.1) is 6.92 Å². The van der Waals surface area contributed by atoms with E-state index in [0.29, 0.717) is 6.10 Å². The Kier molecular flexibility index (Phi) is 2.17. The van der Waals surface area contributed by atoms with Crippen molar-refractivity contribution in [2.75, 3.05) is 6.61 Å². The molecule has 1 aromatic heterocycles. The van der Waals surface area contributed by atoms with Crippen molar-refractivity contribution in [2.24, 2.45) is 0 Å². The standard InChI is InChI=1S/C10H14O2/c1-8-4-5-10(12-8)7-9-3-2-6-11-9/h4-5,9H,2-3,6-7H2,1H3. The molecule has 1 fully saturated rings. The lowest BCUT2D eigenvalue weighted by molar-refractivity contribution is 0.107. The van der Waals surface area contributed by atoms with Crippen LogP contribution in [0.25, 0.3) is 0 Å². The van der Waals surface area contributed by atoms with Crippen LogP contribution < -0.4 is 0 Å². The Bertz CT molecular complexity index is 246. The van der Waals surface area contributed by atoms with Gasteiger partial charge in [-0.05, 0) is 31.9 Å². The molecule has 0 bridgehead atoms. The molecule has 1 aliphatic heterocycles. The van der Waals surface area contributed by atoms with Crippen molar-refractivity contribution < 1.29 is 9.15 Å². The van der Waals surface area contributed by atoms with E-state index in [-0.39, 0.29) is 0 Å². The van der Waals surface area contributed by atoms with Gasteiger partial charge in [-0.2, -0.15) is 0 Å². The van der Waals surface area contributed by atoms with Gasteiger partial charge in [0.05, 0.1) is 6.10 Å². The second-order valence-electron chi connectivity index (χ2n) is 3.35. The lowest BCUT2D eigenvalue weighted by Crippen LogP contribution is -2.07. The van der Waals surface area contributed by atoms with Crippen LogP contribution in [-0.4, -0.2) is 12.7 Å². The fourth-order valence-electron chi connectivity index (χ4n) is 1.62. The van der Waals surface area contributed by atoms with Crippen LogP contribution in [0.15, 0.2) is 16.5 Å². The zero-order valence-electron chi connectivity index (χ0n) is 7.38. The van der Waals surface area contributed by atoms with Crippen LogP contribution in [0.5, 0.6) is 0 Å². The van der Waals surface area contributed by atoms with Crippen LogP contribution in [-0.2, 0) is 11.2 Å². The van der Waals surface area contributed by atoms with E-state index in [1.54, 1.807) is 0 Å². The molecule has 2 heterocycles. The first kappa shape index (κ1) is 7.87. The van der Waals surface area contributed by atoms with Crippen molar-refractivity contribution in [2.45, 2.75) is 32.3 Å². The summed E-state index contributed by atoms with van der Waals surface area (Å²) >= 11 is 0. The molecule has 0 N–H and O–H groups in total. The van der Waals surface area contributed by atoms with Crippen LogP contribution >= 0.6 is 0 Å². The smallest absolute Gasteiger partial charge is 0.106 e. The average molecular weight is 166 g/mol. The summed E-state index contributed by atoms with van der Waals surface area (Å²) in [4.78, 5) is 0. The lowest BCUT2D eigenvalue weighted by Gasteiger charge is -2.05. The van der Waals surface area contributed by atoms with E-state index in [4.69, 9.17) is 9.15 Å².